The van der Waals surface area contributed by atoms with Gasteiger partial charge in [0, 0.05) is 50.2 Å². The number of nitrogens with zero attached hydrogens (tertiary/aromatic N) is 7. The van der Waals surface area contributed by atoms with Gasteiger partial charge in [-0.25, -0.2) is 4.68 Å². The maximum absolute atomic E-state index is 12.9. The smallest absolute Gasteiger partial charge is 0.251 e. The minimum absolute atomic E-state index is 0.0702. The number of amides is 1. The highest BCUT2D eigenvalue weighted by atomic mass is 16.1. The van der Waals surface area contributed by atoms with Crippen LogP contribution in [0.2, 0.25) is 0 Å². The topological polar surface area (TPSA) is 95.5 Å². The van der Waals surface area contributed by atoms with Crippen molar-refractivity contribution in [3.05, 3.63) is 66.5 Å². The summed E-state index contributed by atoms with van der Waals surface area (Å²) in [4.78, 5) is 12.9. The van der Waals surface area contributed by atoms with Crippen LogP contribution in [0.3, 0.4) is 0 Å². The largest absolute Gasteiger partial charge is 0.349 e. The number of benzene rings is 1. The molecule has 1 aliphatic heterocycles. The van der Waals surface area contributed by atoms with E-state index in [9.17, 15) is 4.79 Å². The first-order chi connectivity index (χ1) is 14.7. The summed E-state index contributed by atoms with van der Waals surface area (Å²) in [7, 11) is 1.89. The first-order valence-corrected chi connectivity index (χ1v) is 9.99. The zero-order valence-electron chi connectivity index (χ0n) is 16.6. The normalized spacial score (nSPS) is 16.1. The molecule has 0 fully saturated rings. The standard InChI is InChI=1S/C21H22N8O/c1-27-14-16(13-23-27)20-26-25-19-7-6-17(8-11-28(19)20)24-21(30)15-4-2-5-18(12-15)29-10-3-9-22-29/h2-5,9-10,12-14,17H,6-8,11H2,1H3,(H,24,30). The fraction of sp³-hybridized carbons (Fsp3) is 0.286. The molecule has 1 aromatic carbocycles. The van der Waals surface area contributed by atoms with Gasteiger partial charge in [0.25, 0.3) is 5.91 Å². The number of aryl methyl sites for hydroxylation is 2. The Morgan fingerprint density at radius 1 is 1.17 bits per heavy atom. The highest BCUT2D eigenvalue weighted by molar-refractivity contribution is 5.94. The maximum atomic E-state index is 12.9. The van der Waals surface area contributed by atoms with Crippen molar-refractivity contribution in [3.63, 3.8) is 0 Å². The van der Waals surface area contributed by atoms with E-state index in [0.29, 0.717) is 5.56 Å². The first-order valence-electron chi connectivity index (χ1n) is 9.99. The van der Waals surface area contributed by atoms with Crippen LogP contribution in [-0.2, 0) is 20.0 Å². The highest BCUT2D eigenvalue weighted by Gasteiger charge is 2.23. The molecule has 152 valence electrons. The van der Waals surface area contributed by atoms with E-state index in [4.69, 9.17) is 0 Å². The number of nitrogens with one attached hydrogen (secondary N) is 1. The van der Waals surface area contributed by atoms with Crippen LogP contribution in [0.15, 0.2) is 55.1 Å². The molecule has 0 aliphatic carbocycles. The SMILES string of the molecule is Cn1cc(-c2nnc3n2CCC(NC(=O)c2cccc(-n4cccn4)c2)CC3)cn1. The quantitative estimate of drug-likeness (QED) is 0.563. The van der Waals surface area contributed by atoms with E-state index in [0.717, 1.165) is 48.7 Å². The van der Waals surface area contributed by atoms with Crippen molar-refractivity contribution < 1.29 is 4.79 Å². The van der Waals surface area contributed by atoms with Gasteiger partial charge in [-0.05, 0) is 37.1 Å². The molecule has 5 rings (SSSR count). The summed E-state index contributed by atoms with van der Waals surface area (Å²) >= 11 is 0. The average Bonchev–Trinajstić information content (AvgIpc) is 3.49. The van der Waals surface area contributed by atoms with Crippen LogP contribution >= 0.6 is 0 Å². The molecule has 4 aromatic rings. The molecule has 3 aromatic heterocycles. The number of aromatic nitrogens is 7. The zero-order valence-corrected chi connectivity index (χ0v) is 16.6. The predicted molar refractivity (Wildman–Crippen MR) is 110 cm³/mol. The average molecular weight is 402 g/mol. The van der Waals surface area contributed by atoms with Crippen LogP contribution in [0.5, 0.6) is 0 Å². The van der Waals surface area contributed by atoms with E-state index in [1.54, 1.807) is 21.8 Å². The lowest BCUT2D eigenvalue weighted by molar-refractivity contribution is 0.0933. The van der Waals surface area contributed by atoms with Gasteiger partial charge in [0.05, 0.1) is 17.4 Å². The van der Waals surface area contributed by atoms with Crippen molar-refractivity contribution in [2.24, 2.45) is 7.05 Å². The van der Waals surface area contributed by atoms with Gasteiger partial charge in [0.1, 0.15) is 5.82 Å². The molecule has 9 heteroatoms. The summed E-state index contributed by atoms with van der Waals surface area (Å²) < 4.78 is 5.64. The van der Waals surface area contributed by atoms with Crippen molar-refractivity contribution >= 4 is 5.91 Å². The Hall–Kier alpha value is -3.75. The van der Waals surface area contributed by atoms with Gasteiger partial charge in [0.2, 0.25) is 0 Å². The second-order valence-electron chi connectivity index (χ2n) is 7.49. The Balaban J connectivity index is 1.28. The third-order valence-electron chi connectivity index (χ3n) is 5.42. The van der Waals surface area contributed by atoms with Crippen LogP contribution < -0.4 is 5.32 Å². The predicted octanol–water partition coefficient (Wildman–Crippen LogP) is 2.00. The number of fused-ring (bicyclic) bond motifs is 1. The second kappa shape index (κ2) is 7.58. The van der Waals surface area contributed by atoms with Gasteiger partial charge in [0.15, 0.2) is 5.82 Å². The minimum atomic E-state index is -0.0702. The number of hydrogen-bond acceptors (Lipinski definition) is 5. The monoisotopic (exact) mass is 402 g/mol. The molecule has 0 bridgehead atoms. The molecule has 0 saturated heterocycles. The fourth-order valence-electron chi connectivity index (χ4n) is 3.86. The summed E-state index contributed by atoms with van der Waals surface area (Å²) in [5, 5.41) is 20.4. The van der Waals surface area contributed by atoms with E-state index in [-0.39, 0.29) is 11.9 Å². The van der Waals surface area contributed by atoms with Gasteiger partial charge in [-0.2, -0.15) is 10.2 Å². The molecule has 0 radical (unpaired) electrons. The Labute approximate surface area is 173 Å². The van der Waals surface area contributed by atoms with E-state index >= 15 is 0 Å². The number of carbonyl (C=O) groups is 1. The van der Waals surface area contributed by atoms with Gasteiger partial charge in [-0.1, -0.05) is 6.07 Å². The molecular weight excluding hydrogens is 380 g/mol. The number of hydrogen-bond donors (Lipinski definition) is 1. The summed E-state index contributed by atoms with van der Waals surface area (Å²) in [6.45, 7) is 0.755. The molecule has 1 unspecified atom stereocenters. The Kier molecular flexibility index (Phi) is 4.62. The third-order valence-corrected chi connectivity index (χ3v) is 5.42. The highest BCUT2D eigenvalue weighted by Crippen LogP contribution is 2.22. The lowest BCUT2D eigenvalue weighted by Gasteiger charge is -2.16. The lowest BCUT2D eigenvalue weighted by atomic mass is 10.1. The second-order valence-corrected chi connectivity index (χ2v) is 7.49. The Morgan fingerprint density at radius 2 is 2.10 bits per heavy atom. The number of rotatable bonds is 4. The minimum Gasteiger partial charge on any atom is -0.349 e. The van der Waals surface area contributed by atoms with Crippen LogP contribution in [0, 0.1) is 0 Å². The molecule has 1 aliphatic rings. The molecule has 0 spiro atoms. The third kappa shape index (κ3) is 3.49. The molecule has 4 heterocycles. The van der Waals surface area contributed by atoms with E-state index in [1.165, 1.54) is 0 Å². The Bertz CT molecular complexity index is 1170. The van der Waals surface area contributed by atoms with Crippen LogP contribution in [0.1, 0.15) is 29.0 Å². The van der Waals surface area contributed by atoms with Crippen LogP contribution in [0.25, 0.3) is 17.1 Å². The molecule has 1 atom stereocenters. The molecule has 1 amide bonds. The van der Waals surface area contributed by atoms with Gasteiger partial charge in [-0.3, -0.25) is 9.48 Å². The van der Waals surface area contributed by atoms with Gasteiger partial charge < -0.3 is 9.88 Å². The number of carbonyl (C=O) groups excluding carboxylic acids is 1. The summed E-state index contributed by atoms with van der Waals surface area (Å²) in [6.07, 6.45) is 9.74. The molecule has 30 heavy (non-hydrogen) atoms. The molecular formula is C21H22N8O. The van der Waals surface area contributed by atoms with Gasteiger partial charge in [-0.15, -0.1) is 10.2 Å². The maximum Gasteiger partial charge on any atom is 0.251 e. The summed E-state index contributed by atoms with van der Waals surface area (Å²) in [5.41, 5.74) is 2.44. The van der Waals surface area contributed by atoms with E-state index < -0.39 is 0 Å². The van der Waals surface area contributed by atoms with E-state index in [1.807, 2.05) is 49.8 Å². The first kappa shape index (κ1) is 18.3. The summed E-state index contributed by atoms with van der Waals surface area (Å²) in [5.74, 6) is 1.71. The summed E-state index contributed by atoms with van der Waals surface area (Å²) in [6, 6.07) is 9.43. The van der Waals surface area contributed by atoms with Crippen molar-refractivity contribution in [1.82, 2.24) is 39.6 Å². The van der Waals surface area contributed by atoms with Crippen molar-refractivity contribution in [2.45, 2.75) is 31.8 Å². The van der Waals surface area contributed by atoms with Crippen molar-refractivity contribution in [2.75, 3.05) is 0 Å². The van der Waals surface area contributed by atoms with E-state index in [2.05, 4.69) is 30.3 Å². The lowest BCUT2D eigenvalue weighted by Crippen LogP contribution is -2.35. The molecule has 9 nitrogen and oxygen atoms in total. The molecule has 0 saturated carbocycles. The molecule has 1 N–H and O–H groups in total. The zero-order chi connectivity index (χ0) is 20.5. The van der Waals surface area contributed by atoms with Gasteiger partial charge >= 0.3 is 0 Å². The van der Waals surface area contributed by atoms with Crippen molar-refractivity contribution in [3.8, 4) is 17.1 Å². The Morgan fingerprint density at radius 3 is 2.90 bits per heavy atom. The van der Waals surface area contributed by atoms with Crippen molar-refractivity contribution in [1.29, 1.82) is 0 Å². The fourth-order valence-corrected chi connectivity index (χ4v) is 3.86. The van der Waals surface area contributed by atoms with Crippen LogP contribution in [0.4, 0.5) is 0 Å². The van der Waals surface area contributed by atoms with Crippen LogP contribution in [-0.4, -0.2) is 46.3 Å².